The lowest BCUT2D eigenvalue weighted by molar-refractivity contribution is 0.120. The standard InChI is InChI=1S/C18H16N6O2.C4H9N/c19-8-11-9-21-17(10-20-11)22-16-7-13(23-24-16)18-14(25)5-2-6-15(18)26-12-3-1-4-12;5-4-2-1-3-4/h2,5-7,9-10,12,25H,1,3-4H2,(H2,21,22,23,24);4H,1-3,5H2. The maximum Gasteiger partial charge on any atom is 0.158 e. The lowest BCUT2D eigenvalue weighted by atomic mass is 9.95. The number of aromatic amines is 1. The number of anilines is 2. The zero-order valence-electron chi connectivity index (χ0n) is 17.1. The van der Waals surface area contributed by atoms with Crippen LogP contribution in [0.4, 0.5) is 11.6 Å². The zero-order chi connectivity index (χ0) is 21.6. The van der Waals surface area contributed by atoms with Gasteiger partial charge in [-0.05, 0) is 44.2 Å². The minimum Gasteiger partial charge on any atom is -0.507 e. The molecule has 2 fully saturated rings. The number of hydrogen-bond acceptors (Lipinski definition) is 8. The third-order valence-corrected chi connectivity index (χ3v) is 5.37. The van der Waals surface area contributed by atoms with Gasteiger partial charge in [0.25, 0.3) is 0 Å². The van der Waals surface area contributed by atoms with E-state index in [2.05, 4.69) is 25.5 Å². The smallest absolute Gasteiger partial charge is 0.158 e. The number of phenols is 1. The van der Waals surface area contributed by atoms with E-state index in [4.69, 9.17) is 15.7 Å². The van der Waals surface area contributed by atoms with Crippen LogP contribution in [-0.4, -0.2) is 37.4 Å². The van der Waals surface area contributed by atoms with Gasteiger partial charge < -0.3 is 20.9 Å². The van der Waals surface area contributed by atoms with Gasteiger partial charge in [0.1, 0.15) is 23.4 Å². The molecule has 0 amide bonds. The first-order valence-corrected chi connectivity index (χ1v) is 10.4. The van der Waals surface area contributed by atoms with Crippen molar-refractivity contribution in [2.45, 2.75) is 50.7 Å². The maximum atomic E-state index is 10.3. The molecule has 2 saturated carbocycles. The van der Waals surface area contributed by atoms with Crippen LogP contribution >= 0.6 is 0 Å². The lowest BCUT2D eigenvalue weighted by Crippen LogP contribution is -2.27. The summed E-state index contributed by atoms with van der Waals surface area (Å²) >= 11 is 0. The molecule has 0 spiro atoms. The number of rotatable bonds is 5. The summed E-state index contributed by atoms with van der Waals surface area (Å²) in [7, 11) is 0. The van der Waals surface area contributed by atoms with Crippen molar-refractivity contribution in [3.63, 3.8) is 0 Å². The minimum absolute atomic E-state index is 0.121. The topological polar surface area (TPSA) is 146 Å². The fraction of sp³-hybridized carbons (Fsp3) is 0.364. The molecular weight excluding hydrogens is 394 g/mol. The van der Waals surface area contributed by atoms with Gasteiger partial charge in [-0.2, -0.15) is 10.4 Å². The Bertz CT molecular complexity index is 1050. The monoisotopic (exact) mass is 419 g/mol. The zero-order valence-corrected chi connectivity index (χ0v) is 17.1. The second kappa shape index (κ2) is 9.45. The van der Waals surface area contributed by atoms with Crippen LogP contribution in [-0.2, 0) is 0 Å². The Hall–Kier alpha value is -3.64. The molecule has 2 heterocycles. The van der Waals surface area contributed by atoms with Gasteiger partial charge >= 0.3 is 0 Å². The fourth-order valence-electron chi connectivity index (χ4n) is 3.09. The molecule has 0 atom stereocenters. The number of ether oxygens (including phenoxy) is 1. The van der Waals surface area contributed by atoms with E-state index in [0.29, 0.717) is 34.7 Å². The third-order valence-electron chi connectivity index (χ3n) is 5.37. The number of H-pyrrole nitrogens is 1. The Labute approximate surface area is 180 Å². The van der Waals surface area contributed by atoms with Crippen LogP contribution < -0.4 is 15.8 Å². The van der Waals surface area contributed by atoms with Crippen molar-refractivity contribution in [3.05, 3.63) is 42.4 Å². The van der Waals surface area contributed by atoms with Gasteiger partial charge in [0.15, 0.2) is 11.5 Å². The molecule has 31 heavy (non-hydrogen) atoms. The lowest BCUT2D eigenvalue weighted by Gasteiger charge is -2.27. The molecule has 2 aliphatic rings. The van der Waals surface area contributed by atoms with Gasteiger partial charge in [0.2, 0.25) is 0 Å². The highest BCUT2D eigenvalue weighted by Crippen LogP contribution is 2.39. The van der Waals surface area contributed by atoms with Crippen LogP contribution in [0.5, 0.6) is 11.5 Å². The van der Waals surface area contributed by atoms with Gasteiger partial charge in [-0.15, -0.1) is 0 Å². The number of nitrogens with two attached hydrogens (primary N) is 1. The average molecular weight is 419 g/mol. The summed E-state index contributed by atoms with van der Waals surface area (Å²) in [5.41, 5.74) is 6.82. The highest BCUT2D eigenvalue weighted by Gasteiger charge is 2.22. The molecule has 0 aliphatic heterocycles. The molecule has 9 nitrogen and oxygen atoms in total. The first-order chi connectivity index (χ1) is 15.1. The highest BCUT2D eigenvalue weighted by atomic mass is 16.5. The third kappa shape index (κ3) is 5.10. The first-order valence-electron chi connectivity index (χ1n) is 10.4. The summed E-state index contributed by atoms with van der Waals surface area (Å²) in [5.74, 6) is 1.72. The Morgan fingerprint density at radius 1 is 1.13 bits per heavy atom. The van der Waals surface area contributed by atoms with Crippen LogP contribution in [0.2, 0.25) is 0 Å². The van der Waals surface area contributed by atoms with E-state index in [-0.39, 0.29) is 17.5 Å². The van der Waals surface area contributed by atoms with E-state index < -0.39 is 0 Å². The molecule has 3 aromatic rings. The molecule has 1 aromatic carbocycles. The molecule has 160 valence electrons. The number of hydrogen-bond donors (Lipinski definition) is 4. The van der Waals surface area contributed by atoms with Crippen molar-refractivity contribution < 1.29 is 9.84 Å². The normalized spacial score (nSPS) is 15.6. The second-order valence-corrected chi connectivity index (χ2v) is 7.70. The molecule has 2 aromatic heterocycles. The van der Waals surface area contributed by atoms with E-state index in [1.165, 1.54) is 38.1 Å². The second-order valence-electron chi connectivity index (χ2n) is 7.70. The Kier molecular flexibility index (Phi) is 6.29. The maximum absolute atomic E-state index is 10.3. The molecular formula is C22H25N7O2. The number of nitrogens with one attached hydrogen (secondary N) is 2. The van der Waals surface area contributed by atoms with E-state index in [0.717, 1.165) is 12.8 Å². The summed E-state index contributed by atoms with van der Waals surface area (Å²) in [4.78, 5) is 8.05. The summed E-state index contributed by atoms with van der Waals surface area (Å²) in [6.45, 7) is 0. The molecule has 0 unspecified atom stereocenters. The number of phenolic OH excluding ortho intramolecular Hbond substituents is 1. The van der Waals surface area contributed by atoms with E-state index in [1.54, 1.807) is 18.2 Å². The average Bonchev–Trinajstić information content (AvgIpc) is 3.18. The predicted octanol–water partition coefficient (Wildman–Crippen LogP) is 3.62. The van der Waals surface area contributed by atoms with Crippen LogP contribution in [0.3, 0.4) is 0 Å². The van der Waals surface area contributed by atoms with Crippen molar-refractivity contribution >= 4 is 11.6 Å². The number of nitriles is 1. The quantitative estimate of drug-likeness (QED) is 0.490. The van der Waals surface area contributed by atoms with Gasteiger partial charge in [0, 0.05) is 12.1 Å². The number of benzene rings is 1. The summed E-state index contributed by atoms with van der Waals surface area (Å²) < 4.78 is 5.99. The molecule has 0 bridgehead atoms. The fourth-order valence-corrected chi connectivity index (χ4v) is 3.09. The van der Waals surface area contributed by atoms with E-state index in [9.17, 15) is 5.11 Å². The Morgan fingerprint density at radius 2 is 1.90 bits per heavy atom. The van der Waals surface area contributed by atoms with E-state index >= 15 is 0 Å². The summed E-state index contributed by atoms with van der Waals surface area (Å²) in [5, 5.41) is 29.2. The van der Waals surface area contributed by atoms with Crippen molar-refractivity contribution in [2.75, 3.05) is 5.32 Å². The number of aromatic hydroxyl groups is 1. The Balaban J connectivity index is 0.000000407. The minimum atomic E-state index is 0.121. The molecule has 5 rings (SSSR count). The summed E-state index contributed by atoms with van der Waals surface area (Å²) in [6, 6.07) is 9.45. The van der Waals surface area contributed by atoms with Crippen LogP contribution in [0, 0.1) is 11.3 Å². The summed E-state index contributed by atoms with van der Waals surface area (Å²) in [6.07, 6.45) is 10.2. The van der Waals surface area contributed by atoms with Crippen LogP contribution in [0.25, 0.3) is 11.3 Å². The van der Waals surface area contributed by atoms with Gasteiger partial charge in [-0.3, -0.25) is 5.10 Å². The van der Waals surface area contributed by atoms with Crippen molar-refractivity contribution in [1.29, 1.82) is 5.26 Å². The van der Waals surface area contributed by atoms with Crippen molar-refractivity contribution in [2.24, 2.45) is 5.73 Å². The van der Waals surface area contributed by atoms with Crippen LogP contribution in [0.1, 0.15) is 44.2 Å². The first kappa shape index (κ1) is 20.6. The van der Waals surface area contributed by atoms with Crippen LogP contribution in [0.15, 0.2) is 36.7 Å². The Morgan fingerprint density at radius 3 is 2.48 bits per heavy atom. The molecule has 0 radical (unpaired) electrons. The molecule has 2 aliphatic carbocycles. The van der Waals surface area contributed by atoms with Crippen molar-refractivity contribution in [3.8, 4) is 28.8 Å². The van der Waals surface area contributed by atoms with Crippen molar-refractivity contribution in [1.82, 2.24) is 20.2 Å². The predicted molar refractivity (Wildman–Crippen MR) is 116 cm³/mol. The number of nitrogens with zero attached hydrogens (tertiary/aromatic N) is 4. The van der Waals surface area contributed by atoms with Gasteiger partial charge in [-0.25, -0.2) is 9.97 Å². The SMILES string of the molecule is N#Cc1cnc(Nc2cc(-c3c(O)cccc3OC3CCC3)[nH]n2)cn1.NC1CCC1. The largest absolute Gasteiger partial charge is 0.507 e. The molecule has 9 heteroatoms. The van der Waals surface area contributed by atoms with E-state index in [1.807, 2.05) is 12.1 Å². The number of aromatic nitrogens is 4. The molecule has 5 N–H and O–H groups in total. The van der Waals surface area contributed by atoms with Gasteiger partial charge in [0.05, 0.1) is 29.8 Å². The molecule has 0 saturated heterocycles. The van der Waals surface area contributed by atoms with Gasteiger partial charge in [-0.1, -0.05) is 12.5 Å². The highest BCUT2D eigenvalue weighted by molar-refractivity contribution is 5.76.